The standard InChI is InChI=1S/C14H15N3O2S/c18-13(16-7-11-8-20-14(19)17-11)10-3-4-12-9(6-10)2-1-5-15-12/h3-4,6,8,15H,1-2,5,7H2,(H,16,18)(H,17,19). The van der Waals surface area contributed by atoms with Crippen LogP contribution < -0.4 is 15.5 Å². The maximum absolute atomic E-state index is 12.1. The summed E-state index contributed by atoms with van der Waals surface area (Å²) < 4.78 is 0. The number of carbonyl (C=O) groups excluding carboxylic acids is 1. The summed E-state index contributed by atoms with van der Waals surface area (Å²) in [6.45, 7) is 1.33. The van der Waals surface area contributed by atoms with Crippen molar-refractivity contribution in [2.75, 3.05) is 11.9 Å². The Balaban J connectivity index is 1.69. The van der Waals surface area contributed by atoms with Gasteiger partial charge in [0.15, 0.2) is 0 Å². The molecule has 2 heterocycles. The summed E-state index contributed by atoms with van der Waals surface area (Å²) in [5.41, 5.74) is 3.70. The summed E-state index contributed by atoms with van der Waals surface area (Å²) in [4.78, 5) is 25.7. The molecule has 5 nitrogen and oxygen atoms in total. The Hall–Kier alpha value is -2.08. The zero-order chi connectivity index (χ0) is 13.9. The second kappa shape index (κ2) is 5.50. The molecule has 1 amide bonds. The van der Waals surface area contributed by atoms with Crippen LogP contribution in [0.4, 0.5) is 5.69 Å². The highest BCUT2D eigenvalue weighted by molar-refractivity contribution is 7.07. The van der Waals surface area contributed by atoms with Gasteiger partial charge in [-0.1, -0.05) is 11.3 Å². The average Bonchev–Trinajstić information content (AvgIpc) is 2.90. The van der Waals surface area contributed by atoms with Gasteiger partial charge in [0.25, 0.3) is 5.91 Å². The summed E-state index contributed by atoms with van der Waals surface area (Å²) >= 11 is 1.10. The number of hydrogen-bond donors (Lipinski definition) is 3. The van der Waals surface area contributed by atoms with Crippen LogP contribution in [0.3, 0.4) is 0 Å². The Morgan fingerprint density at radius 1 is 1.40 bits per heavy atom. The van der Waals surface area contributed by atoms with E-state index in [9.17, 15) is 9.59 Å². The number of anilines is 1. The number of hydrogen-bond acceptors (Lipinski definition) is 4. The number of carbonyl (C=O) groups is 1. The van der Waals surface area contributed by atoms with Crippen LogP contribution in [0.15, 0.2) is 28.4 Å². The monoisotopic (exact) mass is 289 g/mol. The fourth-order valence-electron chi connectivity index (χ4n) is 2.29. The van der Waals surface area contributed by atoms with Gasteiger partial charge in [-0.15, -0.1) is 0 Å². The van der Waals surface area contributed by atoms with Crippen LogP contribution >= 0.6 is 11.3 Å². The van der Waals surface area contributed by atoms with Crippen molar-refractivity contribution in [3.8, 4) is 0 Å². The van der Waals surface area contributed by atoms with Gasteiger partial charge in [0.05, 0.1) is 6.54 Å². The van der Waals surface area contributed by atoms with Gasteiger partial charge < -0.3 is 15.6 Å². The highest BCUT2D eigenvalue weighted by atomic mass is 32.1. The number of fused-ring (bicyclic) bond motifs is 1. The number of aryl methyl sites for hydroxylation is 1. The van der Waals surface area contributed by atoms with Crippen molar-refractivity contribution in [1.29, 1.82) is 0 Å². The Bertz CT molecular complexity index is 690. The second-order valence-electron chi connectivity index (χ2n) is 4.76. The summed E-state index contributed by atoms with van der Waals surface area (Å²) in [6, 6.07) is 5.71. The summed E-state index contributed by atoms with van der Waals surface area (Å²) in [6.07, 6.45) is 2.09. The topological polar surface area (TPSA) is 74.0 Å². The third kappa shape index (κ3) is 2.75. The number of rotatable bonds is 3. The van der Waals surface area contributed by atoms with Crippen molar-refractivity contribution in [3.63, 3.8) is 0 Å². The van der Waals surface area contributed by atoms with Gasteiger partial charge in [-0.2, -0.15) is 0 Å². The molecule has 6 heteroatoms. The number of thiazole rings is 1. The number of amides is 1. The van der Waals surface area contributed by atoms with Crippen LogP contribution in [0.25, 0.3) is 0 Å². The van der Waals surface area contributed by atoms with Crippen molar-refractivity contribution in [2.45, 2.75) is 19.4 Å². The number of aromatic nitrogens is 1. The predicted octanol–water partition coefficient (Wildman–Crippen LogP) is 1.72. The summed E-state index contributed by atoms with van der Waals surface area (Å²) in [5, 5.41) is 7.85. The lowest BCUT2D eigenvalue weighted by Crippen LogP contribution is -2.24. The molecule has 1 aliphatic rings. The number of aromatic amines is 1. The second-order valence-corrected chi connectivity index (χ2v) is 5.60. The average molecular weight is 289 g/mol. The molecular formula is C14H15N3O2S. The molecule has 0 spiro atoms. The fourth-order valence-corrected chi connectivity index (χ4v) is 2.88. The van der Waals surface area contributed by atoms with Crippen molar-refractivity contribution < 1.29 is 4.79 Å². The maximum Gasteiger partial charge on any atom is 0.304 e. The van der Waals surface area contributed by atoms with Gasteiger partial charge in [-0.05, 0) is 36.6 Å². The van der Waals surface area contributed by atoms with Crippen molar-refractivity contribution in [3.05, 3.63) is 50.1 Å². The Labute approximate surface area is 120 Å². The minimum Gasteiger partial charge on any atom is -0.385 e. The molecule has 2 aromatic rings. The Kier molecular flexibility index (Phi) is 3.56. The first kappa shape index (κ1) is 12.9. The first-order chi connectivity index (χ1) is 9.72. The third-order valence-electron chi connectivity index (χ3n) is 3.32. The van der Waals surface area contributed by atoms with Crippen LogP contribution in [0, 0.1) is 0 Å². The molecule has 1 aromatic carbocycles. The Morgan fingerprint density at radius 2 is 2.30 bits per heavy atom. The van der Waals surface area contributed by atoms with E-state index in [1.165, 1.54) is 5.56 Å². The van der Waals surface area contributed by atoms with Gasteiger partial charge in [0, 0.05) is 28.9 Å². The number of nitrogens with one attached hydrogen (secondary N) is 3. The van der Waals surface area contributed by atoms with Gasteiger partial charge >= 0.3 is 4.87 Å². The van der Waals surface area contributed by atoms with E-state index in [-0.39, 0.29) is 10.8 Å². The number of H-pyrrole nitrogens is 1. The highest BCUT2D eigenvalue weighted by Crippen LogP contribution is 2.22. The van der Waals surface area contributed by atoms with Gasteiger partial charge in [0.1, 0.15) is 0 Å². The first-order valence-electron chi connectivity index (χ1n) is 6.54. The van der Waals surface area contributed by atoms with Crippen molar-refractivity contribution in [2.24, 2.45) is 0 Å². The quantitative estimate of drug-likeness (QED) is 0.805. The first-order valence-corrected chi connectivity index (χ1v) is 7.42. The number of benzene rings is 1. The largest absolute Gasteiger partial charge is 0.385 e. The smallest absolute Gasteiger partial charge is 0.304 e. The van der Waals surface area contributed by atoms with E-state index in [0.717, 1.165) is 42.1 Å². The minimum atomic E-state index is -0.120. The third-order valence-corrected chi connectivity index (χ3v) is 4.03. The van der Waals surface area contributed by atoms with Crippen LogP contribution in [-0.4, -0.2) is 17.4 Å². The molecule has 0 bridgehead atoms. The molecule has 0 aliphatic carbocycles. The maximum atomic E-state index is 12.1. The molecule has 3 N–H and O–H groups in total. The van der Waals surface area contributed by atoms with Crippen molar-refractivity contribution >= 4 is 22.9 Å². The predicted molar refractivity (Wildman–Crippen MR) is 79.4 cm³/mol. The van der Waals surface area contributed by atoms with Crippen molar-refractivity contribution in [1.82, 2.24) is 10.3 Å². The molecule has 3 rings (SSSR count). The summed E-state index contributed by atoms with van der Waals surface area (Å²) in [5.74, 6) is -0.120. The normalized spacial score (nSPS) is 13.4. The highest BCUT2D eigenvalue weighted by Gasteiger charge is 2.12. The van der Waals surface area contributed by atoms with E-state index in [1.54, 1.807) is 5.38 Å². The van der Waals surface area contributed by atoms with Crippen LogP contribution in [-0.2, 0) is 13.0 Å². The molecule has 20 heavy (non-hydrogen) atoms. The lowest BCUT2D eigenvalue weighted by atomic mass is 10.0. The molecular weight excluding hydrogens is 274 g/mol. The van der Waals surface area contributed by atoms with Gasteiger partial charge in [0.2, 0.25) is 0 Å². The molecule has 0 fully saturated rings. The molecule has 0 radical (unpaired) electrons. The molecule has 104 valence electrons. The SMILES string of the molecule is O=C(NCc1csc(=O)[nH]1)c1ccc2c(c1)CCCN2. The molecule has 1 aromatic heterocycles. The molecule has 0 saturated carbocycles. The van der Waals surface area contributed by atoms with E-state index in [1.807, 2.05) is 18.2 Å². The molecule has 0 atom stereocenters. The van der Waals surface area contributed by atoms with Gasteiger partial charge in [-0.25, -0.2) is 0 Å². The fraction of sp³-hybridized carbons (Fsp3) is 0.286. The van der Waals surface area contributed by atoms with E-state index in [0.29, 0.717) is 12.1 Å². The molecule has 0 unspecified atom stereocenters. The lowest BCUT2D eigenvalue weighted by Gasteiger charge is -2.18. The lowest BCUT2D eigenvalue weighted by molar-refractivity contribution is 0.0950. The van der Waals surface area contributed by atoms with E-state index >= 15 is 0 Å². The van der Waals surface area contributed by atoms with Gasteiger partial charge in [-0.3, -0.25) is 9.59 Å². The zero-order valence-electron chi connectivity index (χ0n) is 10.9. The van der Waals surface area contributed by atoms with Crippen LogP contribution in [0.1, 0.15) is 28.0 Å². The van der Waals surface area contributed by atoms with Crippen LogP contribution in [0.5, 0.6) is 0 Å². The molecule has 0 saturated heterocycles. The zero-order valence-corrected chi connectivity index (χ0v) is 11.7. The minimum absolute atomic E-state index is 0.103. The Morgan fingerprint density at radius 3 is 3.10 bits per heavy atom. The van der Waals surface area contributed by atoms with E-state index < -0.39 is 0 Å². The van der Waals surface area contributed by atoms with Crippen LogP contribution in [0.2, 0.25) is 0 Å². The van der Waals surface area contributed by atoms with E-state index in [4.69, 9.17) is 0 Å². The summed E-state index contributed by atoms with van der Waals surface area (Å²) in [7, 11) is 0. The van der Waals surface area contributed by atoms with E-state index in [2.05, 4.69) is 15.6 Å². The molecule has 1 aliphatic heterocycles.